The predicted octanol–water partition coefficient (Wildman–Crippen LogP) is 3.48. The number of thioether (sulfide) groups is 2. The smallest absolute Gasteiger partial charge is 0.107 e. The molecule has 0 radical (unpaired) electrons. The minimum Gasteiger partial charge on any atom is -0.309 e. The number of rotatable bonds is 2. The summed E-state index contributed by atoms with van der Waals surface area (Å²) in [5.41, 5.74) is 1.28. The summed E-state index contributed by atoms with van der Waals surface area (Å²) in [7, 11) is 0. The van der Waals surface area contributed by atoms with Crippen LogP contribution in [0.3, 0.4) is 0 Å². The highest BCUT2D eigenvalue weighted by Crippen LogP contribution is 2.43. The Morgan fingerprint density at radius 1 is 1.35 bits per heavy atom. The molecule has 0 aromatic carbocycles. The van der Waals surface area contributed by atoms with Crippen LogP contribution in [0.4, 0.5) is 0 Å². The van der Waals surface area contributed by atoms with Crippen molar-refractivity contribution in [2.24, 2.45) is 0 Å². The molecular weight excluding hydrogens is 268 g/mol. The molecule has 94 valence electrons. The lowest BCUT2D eigenvalue weighted by molar-refractivity contribution is 0.629. The minimum absolute atomic E-state index is 0.525. The summed E-state index contributed by atoms with van der Waals surface area (Å²) < 4.78 is 0. The van der Waals surface area contributed by atoms with Gasteiger partial charge in [0.1, 0.15) is 5.01 Å². The van der Waals surface area contributed by atoms with Crippen LogP contribution >= 0.6 is 34.9 Å². The van der Waals surface area contributed by atoms with E-state index >= 15 is 0 Å². The highest BCUT2D eigenvalue weighted by Gasteiger charge is 2.28. The van der Waals surface area contributed by atoms with E-state index in [9.17, 15) is 0 Å². The van der Waals surface area contributed by atoms with Crippen LogP contribution in [0.15, 0.2) is 5.38 Å². The zero-order valence-electron chi connectivity index (χ0n) is 10.0. The molecule has 3 rings (SSSR count). The van der Waals surface area contributed by atoms with Crippen molar-refractivity contribution in [3.05, 3.63) is 16.1 Å². The van der Waals surface area contributed by atoms with Gasteiger partial charge in [-0.25, -0.2) is 4.98 Å². The number of aromatic nitrogens is 1. The van der Waals surface area contributed by atoms with E-state index in [1.165, 1.54) is 35.0 Å². The second-order valence-corrected chi connectivity index (χ2v) is 8.25. The van der Waals surface area contributed by atoms with Gasteiger partial charge in [-0.1, -0.05) is 6.92 Å². The van der Waals surface area contributed by atoms with Gasteiger partial charge in [0.05, 0.1) is 17.0 Å². The molecule has 1 aromatic heterocycles. The van der Waals surface area contributed by atoms with Gasteiger partial charge >= 0.3 is 0 Å². The summed E-state index contributed by atoms with van der Waals surface area (Å²) in [5, 5.41) is 8.48. The third-order valence-corrected chi connectivity index (χ3v) is 7.58. The first-order valence-electron chi connectivity index (χ1n) is 6.26. The van der Waals surface area contributed by atoms with Gasteiger partial charge in [-0.15, -0.1) is 23.1 Å². The predicted molar refractivity (Wildman–Crippen MR) is 79.2 cm³/mol. The Kier molecular flexibility index (Phi) is 4.00. The van der Waals surface area contributed by atoms with Crippen molar-refractivity contribution in [2.45, 2.75) is 36.3 Å². The second-order valence-electron chi connectivity index (χ2n) is 4.63. The molecule has 3 unspecified atom stereocenters. The topological polar surface area (TPSA) is 24.9 Å². The first-order valence-corrected chi connectivity index (χ1v) is 9.24. The Balaban J connectivity index is 1.74. The lowest BCUT2D eigenvalue weighted by atomic mass is 10.2. The van der Waals surface area contributed by atoms with Crippen LogP contribution < -0.4 is 5.32 Å². The summed E-state index contributed by atoms with van der Waals surface area (Å²) in [4.78, 5) is 4.89. The van der Waals surface area contributed by atoms with Crippen molar-refractivity contribution in [1.29, 1.82) is 0 Å². The van der Waals surface area contributed by atoms with Gasteiger partial charge in [0.2, 0.25) is 0 Å². The molecule has 1 N–H and O–H groups in total. The highest BCUT2D eigenvalue weighted by molar-refractivity contribution is 8.06. The first kappa shape index (κ1) is 12.3. The molecule has 0 aliphatic carbocycles. The number of nitrogens with zero attached hydrogens (tertiary/aromatic N) is 1. The zero-order chi connectivity index (χ0) is 11.7. The van der Waals surface area contributed by atoms with E-state index < -0.39 is 0 Å². The van der Waals surface area contributed by atoms with E-state index in [0.29, 0.717) is 16.5 Å². The molecule has 3 atom stereocenters. The number of nitrogens with one attached hydrogen (secondary N) is 1. The third kappa shape index (κ3) is 2.67. The summed E-state index contributed by atoms with van der Waals surface area (Å²) in [6.45, 7) is 3.50. The quantitative estimate of drug-likeness (QED) is 0.900. The van der Waals surface area contributed by atoms with Crippen molar-refractivity contribution in [1.82, 2.24) is 10.3 Å². The molecule has 3 heterocycles. The molecule has 0 bridgehead atoms. The van der Waals surface area contributed by atoms with Gasteiger partial charge < -0.3 is 5.32 Å². The standard InChI is InChI=1S/C12H18N2S3/c1-8-11(16-6-5-15-8)12-14-10(7-17-12)9-3-2-4-13-9/h7-9,11,13H,2-6H2,1H3. The fourth-order valence-corrected chi connectivity index (χ4v) is 6.48. The number of thiazole rings is 1. The largest absolute Gasteiger partial charge is 0.309 e. The SMILES string of the molecule is CC1SCCSC1c1nc(C2CCCN2)cs1. The van der Waals surface area contributed by atoms with Crippen LogP contribution in [0, 0.1) is 0 Å². The third-order valence-electron chi connectivity index (χ3n) is 3.39. The average molecular weight is 286 g/mol. The van der Waals surface area contributed by atoms with Gasteiger partial charge in [0.15, 0.2) is 0 Å². The molecule has 17 heavy (non-hydrogen) atoms. The molecule has 2 saturated heterocycles. The number of hydrogen-bond donors (Lipinski definition) is 1. The van der Waals surface area contributed by atoms with Gasteiger partial charge in [0, 0.05) is 22.1 Å². The van der Waals surface area contributed by atoms with Crippen LogP contribution in [0.25, 0.3) is 0 Å². The molecule has 1 aromatic rings. The van der Waals surface area contributed by atoms with E-state index in [-0.39, 0.29) is 0 Å². The summed E-state index contributed by atoms with van der Waals surface area (Å²) in [6, 6.07) is 0.525. The van der Waals surface area contributed by atoms with Crippen molar-refractivity contribution in [2.75, 3.05) is 18.1 Å². The lowest BCUT2D eigenvalue weighted by Crippen LogP contribution is -2.16. The Labute approximate surface area is 115 Å². The van der Waals surface area contributed by atoms with Crippen LogP contribution in [-0.2, 0) is 0 Å². The van der Waals surface area contributed by atoms with Gasteiger partial charge in [-0.3, -0.25) is 0 Å². The Bertz CT molecular complexity index is 374. The molecule has 2 aliphatic heterocycles. The molecule has 0 saturated carbocycles. The van der Waals surface area contributed by atoms with E-state index in [1.807, 2.05) is 11.3 Å². The fraction of sp³-hybridized carbons (Fsp3) is 0.750. The maximum absolute atomic E-state index is 4.89. The van der Waals surface area contributed by atoms with E-state index in [4.69, 9.17) is 4.98 Å². The summed E-state index contributed by atoms with van der Waals surface area (Å²) in [6.07, 6.45) is 2.55. The fourth-order valence-electron chi connectivity index (χ4n) is 2.43. The molecular formula is C12H18N2S3. The van der Waals surface area contributed by atoms with Crippen LogP contribution in [0.5, 0.6) is 0 Å². The van der Waals surface area contributed by atoms with Gasteiger partial charge in [0.25, 0.3) is 0 Å². The Hall–Kier alpha value is 0.290. The summed E-state index contributed by atoms with van der Waals surface area (Å²) >= 11 is 6.04. The monoisotopic (exact) mass is 286 g/mol. The molecule has 2 nitrogen and oxygen atoms in total. The van der Waals surface area contributed by atoms with Crippen LogP contribution in [-0.4, -0.2) is 28.3 Å². The molecule has 0 spiro atoms. The van der Waals surface area contributed by atoms with Crippen molar-refractivity contribution in [3.8, 4) is 0 Å². The van der Waals surface area contributed by atoms with Crippen molar-refractivity contribution >= 4 is 34.9 Å². The van der Waals surface area contributed by atoms with Crippen molar-refractivity contribution < 1.29 is 0 Å². The molecule has 2 aliphatic rings. The normalized spacial score (nSPS) is 34.1. The average Bonchev–Trinajstić information content (AvgIpc) is 3.00. The molecule has 2 fully saturated rings. The highest BCUT2D eigenvalue weighted by atomic mass is 32.2. The Morgan fingerprint density at radius 2 is 2.24 bits per heavy atom. The van der Waals surface area contributed by atoms with Crippen LogP contribution in [0.2, 0.25) is 0 Å². The van der Waals surface area contributed by atoms with Crippen molar-refractivity contribution in [3.63, 3.8) is 0 Å². The maximum atomic E-state index is 4.89. The van der Waals surface area contributed by atoms with E-state index in [0.717, 1.165) is 6.54 Å². The zero-order valence-corrected chi connectivity index (χ0v) is 12.5. The maximum Gasteiger partial charge on any atom is 0.107 e. The molecule has 0 amide bonds. The second kappa shape index (κ2) is 5.51. The van der Waals surface area contributed by atoms with Gasteiger partial charge in [-0.05, 0) is 19.4 Å². The number of hydrogen-bond acceptors (Lipinski definition) is 5. The minimum atomic E-state index is 0.525. The van der Waals surface area contributed by atoms with Gasteiger partial charge in [-0.2, -0.15) is 11.8 Å². The van der Waals surface area contributed by atoms with Crippen LogP contribution in [0.1, 0.15) is 41.8 Å². The Morgan fingerprint density at radius 3 is 3.00 bits per heavy atom. The summed E-state index contributed by atoms with van der Waals surface area (Å²) in [5.74, 6) is 2.57. The first-order chi connectivity index (χ1) is 8.34. The van der Waals surface area contributed by atoms with E-state index in [1.54, 1.807) is 0 Å². The molecule has 5 heteroatoms. The van der Waals surface area contributed by atoms with E-state index in [2.05, 4.69) is 41.1 Å². The lowest BCUT2D eigenvalue weighted by Gasteiger charge is -2.26.